The second-order valence-electron chi connectivity index (χ2n) is 3.77. The summed E-state index contributed by atoms with van der Waals surface area (Å²) in [7, 11) is 0. The summed E-state index contributed by atoms with van der Waals surface area (Å²) in [6, 6.07) is 2.82. The summed E-state index contributed by atoms with van der Waals surface area (Å²) in [4.78, 5) is 37.9. The van der Waals surface area contributed by atoms with Crippen molar-refractivity contribution in [3.05, 3.63) is 34.2 Å². The van der Waals surface area contributed by atoms with Gasteiger partial charge in [0.05, 0.1) is 5.56 Å². The Morgan fingerprint density at radius 2 is 1.88 bits per heavy atom. The Kier molecular flexibility index (Phi) is 2.85. The van der Waals surface area contributed by atoms with Crippen LogP contribution in [0.4, 0.5) is 0 Å². The van der Waals surface area contributed by atoms with Crippen LogP contribution in [0.25, 0.3) is 0 Å². The molecular formula is C11H12N2O3. The monoisotopic (exact) mass is 220 g/mol. The number of nitrogens with zero attached hydrogens (tertiary/aromatic N) is 1. The molecule has 1 aliphatic heterocycles. The lowest BCUT2D eigenvalue weighted by Crippen LogP contribution is -2.38. The average Bonchev–Trinajstić information content (AvgIpc) is 2.30. The van der Waals surface area contributed by atoms with Gasteiger partial charge >= 0.3 is 0 Å². The first-order valence-electron chi connectivity index (χ1n) is 5.16. The van der Waals surface area contributed by atoms with E-state index in [1.54, 1.807) is 4.90 Å². The molecule has 0 saturated carbocycles. The predicted molar refractivity (Wildman–Crippen MR) is 57.2 cm³/mol. The van der Waals surface area contributed by atoms with Crippen LogP contribution < -0.4 is 5.56 Å². The van der Waals surface area contributed by atoms with Crippen LogP contribution in [0.1, 0.15) is 23.2 Å². The fourth-order valence-electron chi connectivity index (χ4n) is 1.69. The molecule has 2 heterocycles. The molecule has 1 aliphatic rings. The zero-order valence-electron chi connectivity index (χ0n) is 8.73. The second-order valence-corrected chi connectivity index (χ2v) is 3.77. The molecular weight excluding hydrogens is 208 g/mol. The van der Waals surface area contributed by atoms with Crippen molar-refractivity contribution >= 4 is 11.7 Å². The van der Waals surface area contributed by atoms with Gasteiger partial charge in [-0.3, -0.25) is 14.4 Å². The van der Waals surface area contributed by atoms with Gasteiger partial charge in [-0.05, 0) is 6.07 Å². The largest absolute Gasteiger partial charge is 0.338 e. The van der Waals surface area contributed by atoms with Crippen molar-refractivity contribution in [1.82, 2.24) is 9.88 Å². The van der Waals surface area contributed by atoms with Crippen molar-refractivity contribution in [3.63, 3.8) is 0 Å². The first-order valence-corrected chi connectivity index (χ1v) is 5.16. The van der Waals surface area contributed by atoms with Gasteiger partial charge in [0.2, 0.25) is 5.56 Å². The minimum absolute atomic E-state index is 0.135. The molecule has 1 saturated heterocycles. The van der Waals surface area contributed by atoms with Crippen LogP contribution >= 0.6 is 0 Å². The molecule has 5 heteroatoms. The van der Waals surface area contributed by atoms with E-state index in [2.05, 4.69) is 4.98 Å². The number of rotatable bonds is 1. The highest BCUT2D eigenvalue weighted by molar-refractivity contribution is 5.95. The van der Waals surface area contributed by atoms with E-state index in [4.69, 9.17) is 0 Å². The fourth-order valence-corrected chi connectivity index (χ4v) is 1.69. The zero-order valence-corrected chi connectivity index (χ0v) is 8.73. The van der Waals surface area contributed by atoms with Gasteiger partial charge in [0.15, 0.2) is 0 Å². The number of carbonyl (C=O) groups is 2. The van der Waals surface area contributed by atoms with Gasteiger partial charge in [0.25, 0.3) is 5.91 Å². The molecule has 0 bridgehead atoms. The third-order valence-electron chi connectivity index (χ3n) is 2.64. The maximum atomic E-state index is 11.9. The molecule has 0 aromatic carbocycles. The number of piperidine rings is 1. The van der Waals surface area contributed by atoms with Crippen LogP contribution in [-0.2, 0) is 4.79 Å². The molecule has 1 aromatic heterocycles. The number of carbonyl (C=O) groups excluding carboxylic acids is 2. The lowest BCUT2D eigenvalue weighted by molar-refractivity contribution is -0.120. The molecule has 84 valence electrons. The van der Waals surface area contributed by atoms with E-state index in [-0.39, 0.29) is 17.2 Å². The maximum Gasteiger partial charge on any atom is 0.255 e. The van der Waals surface area contributed by atoms with E-state index in [0.717, 1.165) is 0 Å². The Morgan fingerprint density at radius 3 is 2.44 bits per heavy atom. The molecule has 2 rings (SSSR count). The van der Waals surface area contributed by atoms with E-state index in [0.29, 0.717) is 31.5 Å². The van der Waals surface area contributed by atoms with E-state index in [1.165, 1.54) is 18.3 Å². The van der Waals surface area contributed by atoms with Crippen molar-refractivity contribution in [2.24, 2.45) is 0 Å². The summed E-state index contributed by atoms with van der Waals surface area (Å²) in [5.41, 5.74) is 0.222. The highest BCUT2D eigenvalue weighted by Gasteiger charge is 2.21. The smallest absolute Gasteiger partial charge is 0.255 e. The van der Waals surface area contributed by atoms with Gasteiger partial charge < -0.3 is 9.88 Å². The van der Waals surface area contributed by atoms with Crippen LogP contribution in [0.2, 0.25) is 0 Å². The lowest BCUT2D eigenvalue weighted by Gasteiger charge is -2.25. The summed E-state index contributed by atoms with van der Waals surface area (Å²) in [6.07, 6.45) is 2.26. The maximum absolute atomic E-state index is 11.9. The van der Waals surface area contributed by atoms with E-state index in [1.807, 2.05) is 0 Å². The van der Waals surface area contributed by atoms with Gasteiger partial charge in [-0.25, -0.2) is 0 Å². The third-order valence-corrected chi connectivity index (χ3v) is 2.64. The molecule has 5 nitrogen and oxygen atoms in total. The number of aromatic nitrogens is 1. The first-order chi connectivity index (χ1) is 7.66. The number of hydrogen-bond acceptors (Lipinski definition) is 3. The van der Waals surface area contributed by atoms with Crippen molar-refractivity contribution in [1.29, 1.82) is 0 Å². The SMILES string of the molecule is O=C1CCN(C(=O)c2ccc(=O)[nH]c2)CC1. The molecule has 1 fully saturated rings. The molecule has 0 aliphatic carbocycles. The molecule has 0 atom stereocenters. The predicted octanol–water partition coefficient (Wildman–Crippen LogP) is 0.180. The third kappa shape index (κ3) is 2.18. The van der Waals surface area contributed by atoms with E-state index < -0.39 is 0 Å². The summed E-state index contributed by atoms with van der Waals surface area (Å²) < 4.78 is 0. The van der Waals surface area contributed by atoms with Gasteiger partial charge in [-0.1, -0.05) is 0 Å². The Hall–Kier alpha value is -1.91. The number of hydrogen-bond donors (Lipinski definition) is 1. The van der Waals surface area contributed by atoms with Crippen LogP contribution in [-0.4, -0.2) is 34.7 Å². The van der Waals surface area contributed by atoms with E-state index in [9.17, 15) is 14.4 Å². The molecule has 16 heavy (non-hydrogen) atoms. The molecule has 1 N–H and O–H groups in total. The van der Waals surface area contributed by atoms with Crippen LogP contribution in [0.3, 0.4) is 0 Å². The van der Waals surface area contributed by atoms with Gasteiger partial charge in [-0.2, -0.15) is 0 Å². The summed E-state index contributed by atoms with van der Waals surface area (Å²) in [5.74, 6) is 0.0641. The van der Waals surface area contributed by atoms with Crippen molar-refractivity contribution < 1.29 is 9.59 Å². The Balaban J connectivity index is 2.10. The summed E-state index contributed by atoms with van der Waals surface area (Å²) in [6.45, 7) is 0.938. The van der Waals surface area contributed by atoms with Crippen molar-refractivity contribution in [3.8, 4) is 0 Å². The molecule has 0 unspecified atom stereocenters. The van der Waals surface area contributed by atoms with Crippen molar-refractivity contribution in [2.75, 3.05) is 13.1 Å². The highest BCUT2D eigenvalue weighted by Crippen LogP contribution is 2.09. The van der Waals surface area contributed by atoms with Crippen LogP contribution in [0.15, 0.2) is 23.1 Å². The van der Waals surface area contributed by atoms with Gasteiger partial charge in [-0.15, -0.1) is 0 Å². The number of Topliss-reactive ketones (excluding diaryl/α,β-unsaturated/α-hetero) is 1. The number of H-pyrrole nitrogens is 1. The standard InChI is InChI=1S/C11H12N2O3/c14-9-3-5-13(6-4-9)11(16)8-1-2-10(15)12-7-8/h1-2,7H,3-6H2,(H,12,15). The molecule has 0 spiro atoms. The minimum Gasteiger partial charge on any atom is -0.338 e. The zero-order chi connectivity index (χ0) is 11.5. The average molecular weight is 220 g/mol. The molecule has 1 amide bonds. The molecule has 0 radical (unpaired) electrons. The number of nitrogens with one attached hydrogen (secondary N) is 1. The lowest BCUT2D eigenvalue weighted by atomic mass is 10.1. The van der Waals surface area contributed by atoms with Crippen LogP contribution in [0, 0.1) is 0 Å². The molecule has 1 aromatic rings. The summed E-state index contributed by atoms with van der Waals surface area (Å²) in [5, 5.41) is 0. The normalized spacial score (nSPS) is 16.2. The van der Waals surface area contributed by atoms with Crippen LogP contribution in [0.5, 0.6) is 0 Å². The second kappa shape index (κ2) is 4.30. The number of likely N-dealkylation sites (tertiary alicyclic amines) is 1. The first kappa shape index (κ1) is 10.6. The Bertz CT molecular complexity index is 448. The van der Waals surface area contributed by atoms with E-state index >= 15 is 0 Å². The number of aromatic amines is 1. The quantitative estimate of drug-likeness (QED) is 0.734. The number of pyridine rings is 1. The minimum atomic E-state index is -0.231. The fraction of sp³-hybridized carbons (Fsp3) is 0.364. The van der Waals surface area contributed by atoms with Gasteiger partial charge in [0.1, 0.15) is 5.78 Å². The topological polar surface area (TPSA) is 70.2 Å². The van der Waals surface area contributed by atoms with Gasteiger partial charge in [0, 0.05) is 38.2 Å². The Labute approximate surface area is 92.1 Å². The summed E-state index contributed by atoms with van der Waals surface area (Å²) >= 11 is 0. The number of amides is 1. The highest BCUT2D eigenvalue weighted by atomic mass is 16.2. The number of ketones is 1. The van der Waals surface area contributed by atoms with Crippen molar-refractivity contribution in [2.45, 2.75) is 12.8 Å². The Morgan fingerprint density at radius 1 is 1.19 bits per heavy atom.